The molecule has 5 heteroatoms. The topological polar surface area (TPSA) is 49.4 Å². The van der Waals surface area contributed by atoms with E-state index in [9.17, 15) is 9.90 Å². The molecule has 0 aliphatic rings. The van der Waals surface area contributed by atoms with Crippen molar-refractivity contribution in [3.63, 3.8) is 0 Å². The molecule has 0 unspecified atom stereocenters. The molecule has 0 bridgehead atoms. The highest BCUT2D eigenvalue weighted by atomic mass is 35.5. The number of carboxylic acids is 1. The lowest BCUT2D eigenvalue weighted by Crippen LogP contribution is -2.22. The monoisotopic (exact) mass is 295 g/mol. The van der Waals surface area contributed by atoms with Crippen LogP contribution in [0.2, 0.25) is 10.0 Å². The molecule has 2 rings (SSSR count). The number of halogens is 2. The molecule has 2 aromatic carbocycles. The molecule has 0 aliphatic carbocycles. The second kappa shape index (κ2) is 5.95. The second-order valence-corrected chi connectivity index (χ2v) is 4.69. The highest BCUT2D eigenvalue weighted by Gasteiger charge is 2.03. The largest absolute Gasteiger partial charge is 0.545 e. The third kappa shape index (κ3) is 3.63. The van der Waals surface area contributed by atoms with Gasteiger partial charge < -0.3 is 14.6 Å². The van der Waals surface area contributed by atoms with Gasteiger partial charge >= 0.3 is 0 Å². The Morgan fingerprint density at radius 1 is 1.16 bits per heavy atom. The van der Waals surface area contributed by atoms with E-state index in [1.165, 1.54) is 12.1 Å². The van der Waals surface area contributed by atoms with Crippen molar-refractivity contribution in [1.29, 1.82) is 0 Å². The van der Waals surface area contributed by atoms with E-state index in [4.69, 9.17) is 27.9 Å². The quantitative estimate of drug-likeness (QED) is 0.871. The molecule has 0 aliphatic heterocycles. The molecule has 0 saturated carbocycles. The molecule has 98 valence electrons. The molecule has 0 atom stereocenters. The van der Waals surface area contributed by atoms with Crippen molar-refractivity contribution >= 4 is 29.2 Å². The Morgan fingerprint density at radius 3 is 2.63 bits per heavy atom. The van der Waals surface area contributed by atoms with Gasteiger partial charge in [-0.15, -0.1) is 0 Å². The number of benzene rings is 2. The van der Waals surface area contributed by atoms with E-state index >= 15 is 0 Å². The minimum Gasteiger partial charge on any atom is -0.545 e. The first kappa shape index (κ1) is 13.7. The Balaban J connectivity index is 2.10. The maximum atomic E-state index is 10.7. The molecule has 0 radical (unpaired) electrons. The molecular weight excluding hydrogens is 287 g/mol. The molecule has 0 saturated heterocycles. The SMILES string of the molecule is O=C([O-])c1cccc(COc2ccc(Cl)cc2Cl)c1. The standard InChI is InChI=1S/C14H10Cl2O3/c15-11-4-5-13(12(16)7-11)19-8-9-2-1-3-10(6-9)14(17)18/h1-7H,8H2,(H,17,18)/p-1. The van der Waals surface area contributed by atoms with Crippen LogP contribution >= 0.6 is 23.2 Å². The van der Waals surface area contributed by atoms with Gasteiger partial charge in [0.15, 0.2) is 0 Å². The summed E-state index contributed by atoms with van der Waals surface area (Å²) in [5.41, 5.74) is 0.830. The molecular formula is C14H9Cl2O3-. The summed E-state index contributed by atoms with van der Waals surface area (Å²) in [6, 6.07) is 11.3. The summed E-state index contributed by atoms with van der Waals surface area (Å²) in [5.74, 6) is -0.726. The lowest BCUT2D eigenvalue weighted by molar-refractivity contribution is -0.255. The maximum absolute atomic E-state index is 10.7. The Morgan fingerprint density at radius 2 is 1.95 bits per heavy atom. The van der Waals surface area contributed by atoms with Crippen molar-refractivity contribution in [2.75, 3.05) is 0 Å². The van der Waals surface area contributed by atoms with Crippen molar-refractivity contribution in [2.45, 2.75) is 6.61 Å². The zero-order valence-corrected chi connectivity index (χ0v) is 11.2. The Labute approximate surface area is 120 Å². The maximum Gasteiger partial charge on any atom is 0.138 e. The Bertz CT molecular complexity index is 611. The van der Waals surface area contributed by atoms with Gasteiger partial charge in [0.25, 0.3) is 0 Å². The number of carbonyl (C=O) groups is 1. The molecule has 2 aromatic rings. The summed E-state index contributed by atoms with van der Waals surface area (Å²) >= 11 is 11.7. The fourth-order valence-corrected chi connectivity index (χ4v) is 2.00. The van der Waals surface area contributed by atoms with Gasteiger partial charge in [0.2, 0.25) is 0 Å². The van der Waals surface area contributed by atoms with Crippen LogP contribution in [-0.2, 0) is 6.61 Å². The predicted molar refractivity (Wildman–Crippen MR) is 71.6 cm³/mol. The van der Waals surface area contributed by atoms with Crippen LogP contribution < -0.4 is 9.84 Å². The van der Waals surface area contributed by atoms with Gasteiger partial charge in [0, 0.05) is 5.02 Å². The predicted octanol–water partition coefficient (Wildman–Crippen LogP) is 2.94. The van der Waals surface area contributed by atoms with E-state index in [0.29, 0.717) is 21.4 Å². The first-order chi connectivity index (χ1) is 9.06. The minimum absolute atomic E-state index is 0.114. The Kier molecular flexibility index (Phi) is 4.30. The second-order valence-electron chi connectivity index (χ2n) is 3.85. The molecule has 0 spiro atoms. The third-order valence-corrected chi connectivity index (χ3v) is 2.98. The van der Waals surface area contributed by atoms with Gasteiger partial charge in [-0.25, -0.2) is 0 Å². The molecule has 19 heavy (non-hydrogen) atoms. The first-order valence-corrected chi connectivity index (χ1v) is 6.20. The lowest BCUT2D eigenvalue weighted by atomic mass is 10.1. The summed E-state index contributed by atoms with van der Waals surface area (Å²) in [4.78, 5) is 10.7. The van der Waals surface area contributed by atoms with Crippen molar-refractivity contribution < 1.29 is 14.6 Å². The number of rotatable bonds is 4. The van der Waals surface area contributed by atoms with Gasteiger partial charge in [0.05, 0.1) is 11.0 Å². The lowest BCUT2D eigenvalue weighted by Gasteiger charge is -2.09. The van der Waals surface area contributed by atoms with Crippen LogP contribution in [0.1, 0.15) is 15.9 Å². The summed E-state index contributed by atoms with van der Waals surface area (Å²) in [7, 11) is 0. The fourth-order valence-electron chi connectivity index (χ4n) is 1.54. The van der Waals surface area contributed by atoms with Crippen molar-refractivity contribution in [1.82, 2.24) is 0 Å². The van der Waals surface area contributed by atoms with Crippen LogP contribution in [0.5, 0.6) is 5.75 Å². The smallest absolute Gasteiger partial charge is 0.138 e. The highest BCUT2D eigenvalue weighted by molar-refractivity contribution is 6.35. The molecule has 0 aromatic heterocycles. The summed E-state index contributed by atoms with van der Waals surface area (Å²) < 4.78 is 5.51. The molecule has 0 heterocycles. The van der Waals surface area contributed by atoms with Gasteiger partial charge in [-0.3, -0.25) is 0 Å². The van der Waals surface area contributed by atoms with Crippen LogP contribution in [0.3, 0.4) is 0 Å². The van der Waals surface area contributed by atoms with Crippen LogP contribution in [-0.4, -0.2) is 5.97 Å². The molecule has 0 amide bonds. The first-order valence-electron chi connectivity index (χ1n) is 5.44. The number of carboxylic acid groups (broad SMARTS) is 1. The van der Waals surface area contributed by atoms with E-state index in [1.807, 2.05) is 0 Å². The van der Waals surface area contributed by atoms with E-state index < -0.39 is 5.97 Å². The minimum atomic E-state index is -1.22. The van der Waals surface area contributed by atoms with Crippen molar-refractivity contribution in [3.05, 3.63) is 63.6 Å². The normalized spacial score (nSPS) is 10.2. The van der Waals surface area contributed by atoms with Crippen molar-refractivity contribution in [2.24, 2.45) is 0 Å². The number of ether oxygens (including phenoxy) is 1. The summed E-state index contributed by atoms with van der Waals surface area (Å²) in [6.07, 6.45) is 0. The number of hydrogen-bond donors (Lipinski definition) is 0. The van der Waals surface area contributed by atoms with E-state index in [-0.39, 0.29) is 12.2 Å². The number of carbonyl (C=O) groups excluding carboxylic acids is 1. The van der Waals surface area contributed by atoms with E-state index in [0.717, 1.165) is 0 Å². The average molecular weight is 296 g/mol. The van der Waals surface area contributed by atoms with E-state index in [2.05, 4.69) is 0 Å². The molecule has 0 fully saturated rings. The molecule has 0 N–H and O–H groups in total. The average Bonchev–Trinajstić information content (AvgIpc) is 2.38. The zero-order chi connectivity index (χ0) is 13.8. The van der Waals surface area contributed by atoms with Crippen LogP contribution in [0, 0.1) is 0 Å². The van der Waals surface area contributed by atoms with Gasteiger partial charge in [-0.1, -0.05) is 41.4 Å². The zero-order valence-electron chi connectivity index (χ0n) is 9.73. The van der Waals surface area contributed by atoms with Gasteiger partial charge in [-0.05, 0) is 35.4 Å². The van der Waals surface area contributed by atoms with Crippen LogP contribution in [0.25, 0.3) is 0 Å². The van der Waals surface area contributed by atoms with Crippen LogP contribution in [0.15, 0.2) is 42.5 Å². The van der Waals surface area contributed by atoms with Gasteiger partial charge in [0.1, 0.15) is 12.4 Å². The number of aromatic carboxylic acids is 1. The Hall–Kier alpha value is -1.71. The third-order valence-electron chi connectivity index (χ3n) is 2.45. The van der Waals surface area contributed by atoms with Crippen LogP contribution in [0.4, 0.5) is 0 Å². The summed E-state index contributed by atoms with van der Waals surface area (Å²) in [5, 5.41) is 11.7. The van der Waals surface area contributed by atoms with Crippen molar-refractivity contribution in [3.8, 4) is 5.75 Å². The molecule has 3 nitrogen and oxygen atoms in total. The van der Waals surface area contributed by atoms with E-state index in [1.54, 1.807) is 30.3 Å². The highest BCUT2D eigenvalue weighted by Crippen LogP contribution is 2.28. The van der Waals surface area contributed by atoms with Gasteiger partial charge in [-0.2, -0.15) is 0 Å². The number of hydrogen-bond acceptors (Lipinski definition) is 3. The summed E-state index contributed by atoms with van der Waals surface area (Å²) in [6.45, 7) is 0.211. The fraction of sp³-hybridized carbons (Fsp3) is 0.0714.